The van der Waals surface area contributed by atoms with E-state index in [1.165, 1.54) is 6.07 Å². The average Bonchev–Trinajstić information content (AvgIpc) is 2.40. The highest BCUT2D eigenvalue weighted by molar-refractivity contribution is 14.1. The number of nitrogens with one attached hydrogen (secondary N) is 1. The summed E-state index contributed by atoms with van der Waals surface area (Å²) < 4.78 is 0.933. The Morgan fingerprint density at radius 1 is 1.35 bits per heavy atom. The number of halogens is 1. The Kier molecular flexibility index (Phi) is 4.28. The van der Waals surface area contributed by atoms with E-state index in [0.29, 0.717) is 11.4 Å². The molecule has 0 fully saturated rings. The van der Waals surface area contributed by atoms with Gasteiger partial charge in [-0.25, -0.2) is 4.98 Å². The Bertz CT molecular complexity index is 671. The number of carbonyl (C=O) groups is 1. The van der Waals surface area contributed by atoms with Crippen LogP contribution >= 0.6 is 22.6 Å². The number of nitro groups is 1. The van der Waals surface area contributed by atoms with Crippen molar-refractivity contribution >= 4 is 40.0 Å². The third kappa shape index (κ3) is 3.10. The molecule has 0 saturated heterocycles. The van der Waals surface area contributed by atoms with E-state index in [-0.39, 0.29) is 11.3 Å². The second-order valence-electron chi connectivity index (χ2n) is 4.04. The molecule has 20 heavy (non-hydrogen) atoms. The van der Waals surface area contributed by atoms with Crippen LogP contribution in [0.4, 0.5) is 11.5 Å². The van der Waals surface area contributed by atoms with Crippen LogP contribution in [0.3, 0.4) is 0 Å². The maximum absolute atomic E-state index is 12.2. The lowest BCUT2D eigenvalue weighted by atomic mass is 10.1. The number of pyridine rings is 1. The molecule has 1 aromatic heterocycles. The van der Waals surface area contributed by atoms with Gasteiger partial charge in [0.05, 0.1) is 4.92 Å². The Morgan fingerprint density at radius 2 is 2.10 bits per heavy atom. The SMILES string of the molecule is Cc1cccc([N+](=O)[O-])c1C(=O)Nc1ccc(I)cn1. The van der Waals surface area contributed by atoms with Crippen molar-refractivity contribution in [3.8, 4) is 0 Å². The normalized spacial score (nSPS) is 10.1. The molecule has 7 heteroatoms. The van der Waals surface area contributed by atoms with Gasteiger partial charge in [-0.2, -0.15) is 0 Å². The molecule has 0 aliphatic heterocycles. The van der Waals surface area contributed by atoms with Crippen LogP contribution in [0.5, 0.6) is 0 Å². The first-order chi connectivity index (χ1) is 9.49. The number of aryl methyl sites for hydroxylation is 1. The van der Waals surface area contributed by atoms with Gasteiger partial charge in [0.2, 0.25) is 0 Å². The number of nitrogens with zero attached hydrogens (tertiary/aromatic N) is 2. The number of benzene rings is 1. The number of nitro benzene ring substituents is 1. The predicted octanol–water partition coefficient (Wildman–Crippen LogP) is 3.16. The molecule has 1 aromatic carbocycles. The first kappa shape index (κ1) is 14.4. The quantitative estimate of drug-likeness (QED) is 0.501. The van der Waals surface area contributed by atoms with Crippen LogP contribution in [-0.4, -0.2) is 15.8 Å². The number of carbonyl (C=O) groups excluding carboxylic acids is 1. The van der Waals surface area contributed by atoms with E-state index >= 15 is 0 Å². The number of hydrogen-bond acceptors (Lipinski definition) is 4. The summed E-state index contributed by atoms with van der Waals surface area (Å²) in [6, 6.07) is 7.94. The lowest BCUT2D eigenvalue weighted by Gasteiger charge is -2.07. The molecule has 102 valence electrons. The van der Waals surface area contributed by atoms with Crippen molar-refractivity contribution in [2.75, 3.05) is 5.32 Å². The zero-order chi connectivity index (χ0) is 14.7. The van der Waals surface area contributed by atoms with Crippen molar-refractivity contribution in [2.24, 2.45) is 0 Å². The maximum atomic E-state index is 12.2. The molecule has 6 nitrogen and oxygen atoms in total. The predicted molar refractivity (Wildman–Crippen MR) is 82.7 cm³/mol. The topological polar surface area (TPSA) is 85.1 Å². The minimum absolute atomic E-state index is 0.0536. The summed E-state index contributed by atoms with van der Waals surface area (Å²) in [4.78, 5) is 26.6. The fourth-order valence-corrected chi connectivity index (χ4v) is 2.05. The van der Waals surface area contributed by atoms with E-state index in [9.17, 15) is 14.9 Å². The minimum Gasteiger partial charge on any atom is -0.306 e. The third-order valence-corrected chi connectivity index (χ3v) is 3.28. The summed E-state index contributed by atoms with van der Waals surface area (Å²) in [6.45, 7) is 1.66. The van der Waals surface area contributed by atoms with Gasteiger partial charge in [0.1, 0.15) is 11.4 Å². The molecule has 0 spiro atoms. The first-order valence-corrected chi connectivity index (χ1v) is 6.74. The van der Waals surface area contributed by atoms with Crippen molar-refractivity contribution in [2.45, 2.75) is 6.92 Å². The molecule has 0 aliphatic rings. The molecule has 1 N–H and O–H groups in total. The number of anilines is 1. The van der Waals surface area contributed by atoms with Crippen LogP contribution in [0.15, 0.2) is 36.5 Å². The van der Waals surface area contributed by atoms with Gasteiger partial charge >= 0.3 is 0 Å². The zero-order valence-electron chi connectivity index (χ0n) is 10.5. The fraction of sp³-hybridized carbons (Fsp3) is 0.0769. The van der Waals surface area contributed by atoms with Gasteiger partial charge in [-0.1, -0.05) is 12.1 Å². The van der Waals surface area contributed by atoms with Crippen molar-refractivity contribution < 1.29 is 9.72 Å². The number of amides is 1. The molecular weight excluding hydrogens is 373 g/mol. The van der Waals surface area contributed by atoms with Crippen molar-refractivity contribution in [1.82, 2.24) is 4.98 Å². The Labute approximate surface area is 128 Å². The number of rotatable bonds is 3. The Hall–Kier alpha value is -2.03. The van der Waals surface area contributed by atoms with Crippen molar-refractivity contribution in [3.05, 3.63) is 61.3 Å². The number of aromatic nitrogens is 1. The monoisotopic (exact) mass is 383 g/mol. The molecular formula is C13H10IN3O3. The van der Waals surface area contributed by atoms with Crippen molar-refractivity contribution in [1.29, 1.82) is 0 Å². The van der Waals surface area contributed by atoms with Crippen LogP contribution in [0, 0.1) is 20.6 Å². The van der Waals surface area contributed by atoms with Gasteiger partial charge in [-0.15, -0.1) is 0 Å². The van der Waals surface area contributed by atoms with Crippen LogP contribution in [0.2, 0.25) is 0 Å². The maximum Gasteiger partial charge on any atom is 0.282 e. The second kappa shape index (κ2) is 5.95. The molecule has 2 aromatic rings. The minimum atomic E-state index is -0.566. The highest BCUT2D eigenvalue weighted by Gasteiger charge is 2.22. The molecule has 0 aliphatic carbocycles. The lowest BCUT2D eigenvalue weighted by molar-refractivity contribution is -0.385. The Balaban J connectivity index is 2.34. The van der Waals surface area contributed by atoms with E-state index in [1.54, 1.807) is 37.4 Å². The van der Waals surface area contributed by atoms with Gasteiger partial charge < -0.3 is 5.32 Å². The van der Waals surface area contributed by atoms with Crippen LogP contribution in [0.25, 0.3) is 0 Å². The largest absolute Gasteiger partial charge is 0.306 e. The highest BCUT2D eigenvalue weighted by Crippen LogP contribution is 2.22. The van der Waals surface area contributed by atoms with Crippen LogP contribution in [0.1, 0.15) is 15.9 Å². The molecule has 0 saturated carbocycles. The van der Waals surface area contributed by atoms with E-state index in [1.807, 2.05) is 0 Å². The summed E-state index contributed by atoms with van der Waals surface area (Å²) in [5.41, 5.74) is 0.382. The van der Waals surface area contributed by atoms with Crippen LogP contribution < -0.4 is 5.32 Å². The zero-order valence-corrected chi connectivity index (χ0v) is 12.6. The van der Waals surface area contributed by atoms with E-state index < -0.39 is 10.8 Å². The standard InChI is InChI=1S/C13H10IN3O3/c1-8-3-2-4-10(17(19)20)12(8)13(18)16-11-6-5-9(14)7-15-11/h2-7H,1H3,(H,15,16,18). The first-order valence-electron chi connectivity index (χ1n) is 5.66. The third-order valence-electron chi connectivity index (χ3n) is 2.64. The molecule has 0 bridgehead atoms. The van der Waals surface area contributed by atoms with Gasteiger partial charge in [-0.05, 0) is 47.2 Å². The van der Waals surface area contributed by atoms with Crippen LogP contribution in [-0.2, 0) is 0 Å². The Morgan fingerprint density at radius 3 is 2.70 bits per heavy atom. The van der Waals surface area contributed by atoms with Gasteiger partial charge in [0.25, 0.3) is 11.6 Å². The van der Waals surface area contributed by atoms with E-state index in [4.69, 9.17) is 0 Å². The molecule has 1 heterocycles. The summed E-state index contributed by atoms with van der Waals surface area (Å²) in [6.07, 6.45) is 1.60. The summed E-state index contributed by atoms with van der Waals surface area (Å²) in [5.74, 6) is -0.184. The molecule has 0 radical (unpaired) electrons. The van der Waals surface area contributed by atoms with Gasteiger partial charge in [0, 0.05) is 15.8 Å². The summed E-state index contributed by atoms with van der Waals surface area (Å²) in [5, 5.41) is 13.5. The molecule has 0 atom stereocenters. The summed E-state index contributed by atoms with van der Waals surface area (Å²) >= 11 is 2.10. The smallest absolute Gasteiger partial charge is 0.282 e. The molecule has 2 rings (SSSR count). The average molecular weight is 383 g/mol. The van der Waals surface area contributed by atoms with E-state index in [0.717, 1.165) is 3.57 Å². The number of hydrogen-bond donors (Lipinski definition) is 1. The molecule has 0 unspecified atom stereocenters. The lowest BCUT2D eigenvalue weighted by Crippen LogP contribution is -2.16. The van der Waals surface area contributed by atoms with Crippen molar-refractivity contribution in [3.63, 3.8) is 0 Å². The van der Waals surface area contributed by atoms with Gasteiger partial charge in [-0.3, -0.25) is 14.9 Å². The fourth-order valence-electron chi connectivity index (χ4n) is 1.73. The van der Waals surface area contributed by atoms with E-state index in [2.05, 4.69) is 32.9 Å². The second-order valence-corrected chi connectivity index (χ2v) is 5.29. The highest BCUT2D eigenvalue weighted by atomic mass is 127. The summed E-state index contributed by atoms with van der Waals surface area (Å²) in [7, 11) is 0. The van der Waals surface area contributed by atoms with Gasteiger partial charge in [0.15, 0.2) is 0 Å². The molecule has 1 amide bonds.